The first-order chi connectivity index (χ1) is 9.17. The topological polar surface area (TPSA) is 61.4 Å². The van der Waals surface area contributed by atoms with Crippen molar-refractivity contribution in [2.75, 3.05) is 18.4 Å². The molecule has 0 radical (unpaired) electrons. The molecule has 2 aromatic carbocycles. The van der Waals surface area contributed by atoms with E-state index in [4.69, 9.17) is 5.11 Å². The lowest BCUT2D eigenvalue weighted by molar-refractivity contribution is -0.138. The van der Waals surface area contributed by atoms with E-state index in [1.807, 2.05) is 18.2 Å². The number of hydrogen-bond acceptors (Lipinski definition) is 3. The van der Waals surface area contributed by atoms with Crippen molar-refractivity contribution in [2.24, 2.45) is 0 Å². The third kappa shape index (κ3) is 2.39. The molecule has 3 rings (SSSR count). The van der Waals surface area contributed by atoms with Gasteiger partial charge in [-0.2, -0.15) is 0 Å². The van der Waals surface area contributed by atoms with Crippen LogP contribution in [0, 0.1) is 0 Å². The summed E-state index contributed by atoms with van der Waals surface area (Å²) >= 11 is 0. The van der Waals surface area contributed by atoms with E-state index in [9.17, 15) is 4.79 Å². The van der Waals surface area contributed by atoms with Gasteiger partial charge >= 0.3 is 5.97 Å². The lowest BCUT2D eigenvalue weighted by Gasteiger charge is -2.43. The van der Waals surface area contributed by atoms with Gasteiger partial charge in [0.05, 0.1) is 12.0 Å². The predicted molar refractivity (Wildman–Crippen MR) is 75.4 cm³/mol. The van der Waals surface area contributed by atoms with Crippen LogP contribution >= 0.6 is 0 Å². The Morgan fingerprint density at radius 2 is 1.95 bits per heavy atom. The van der Waals surface area contributed by atoms with Gasteiger partial charge in [0.15, 0.2) is 0 Å². The van der Waals surface area contributed by atoms with Crippen molar-refractivity contribution < 1.29 is 9.90 Å². The minimum atomic E-state index is -0.769. The molecule has 3 N–H and O–H groups in total. The molecule has 4 nitrogen and oxygen atoms in total. The highest BCUT2D eigenvalue weighted by Crippen LogP contribution is 2.25. The van der Waals surface area contributed by atoms with Gasteiger partial charge in [0, 0.05) is 18.8 Å². The molecule has 1 heterocycles. The Balaban J connectivity index is 1.86. The number of carboxylic acids is 1. The molecule has 0 atom stereocenters. The van der Waals surface area contributed by atoms with E-state index in [0.717, 1.165) is 11.1 Å². The number of nitrogens with one attached hydrogen (secondary N) is 2. The van der Waals surface area contributed by atoms with Crippen LogP contribution in [0.2, 0.25) is 0 Å². The quantitative estimate of drug-likeness (QED) is 0.783. The number of carboxylic acid groups (broad SMARTS) is 1. The lowest BCUT2D eigenvalue weighted by atomic mass is 9.88. The van der Waals surface area contributed by atoms with E-state index < -0.39 is 5.97 Å². The summed E-state index contributed by atoms with van der Waals surface area (Å²) < 4.78 is 0. The molecular formula is C15H16N2O2. The van der Waals surface area contributed by atoms with Crippen LogP contribution in [0.1, 0.15) is 6.42 Å². The number of aliphatic carboxylic acids is 1. The molecule has 1 fully saturated rings. The molecule has 1 saturated heterocycles. The van der Waals surface area contributed by atoms with Gasteiger partial charge in [-0.15, -0.1) is 0 Å². The van der Waals surface area contributed by atoms with Gasteiger partial charge in [0.25, 0.3) is 0 Å². The van der Waals surface area contributed by atoms with Crippen molar-refractivity contribution in [3.05, 3.63) is 42.5 Å². The molecule has 0 aliphatic carbocycles. The van der Waals surface area contributed by atoms with Gasteiger partial charge in [-0.25, -0.2) is 0 Å². The molecule has 0 amide bonds. The van der Waals surface area contributed by atoms with Crippen LogP contribution < -0.4 is 10.6 Å². The Hall–Kier alpha value is -2.07. The standard InChI is InChI=1S/C15H16N2O2/c18-14(19)8-15(9-16-10-15)17-13-6-5-11-3-1-2-4-12(11)7-13/h1-7,16-17H,8-10H2,(H,18,19). The van der Waals surface area contributed by atoms with Crippen molar-refractivity contribution in [1.82, 2.24) is 5.32 Å². The average molecular weight is 256 g/mol. The molecule has 0 bridgehead atoms. The van der Waals surface area contributed by atoms with Crippen LogP contribution in [0.15, 0.2) is 42.5 Å². The van der Waals surface area contributed by atoms with E-state index in [0.29, 0.717) is 13.1 Å². The molecule has 0 unspecified atom stereocenters. The Kier molecular flexibility index (Phi) is 2.87. The minimum Gasteiger partial charge on any atom is -0.481 e. The van der Waals surface area contributed by atoms with E-state index in [2.05, 4.69) is 34.9 Å². The average Bonchev–Trinajstić information content (AvgIpc) is 2.35. The summed E-state index contributed by atoms with van der Waals surface area (Å²) in [6, 6.07) is 14.3. The highest BCUT2D eigenvalue weighted by atomic mass is 16.4. The molecule has 19 heavy (non-hydrogen) atoms. The molecule has 1 aliphatic rings. The second kappa shape index (κ2) is 4.55. The zero-order valence-electron chi connectivity index (χ0n) is 10.5. The summed E-state index contributed by atoms with van der Waals surface area (Å²) in [5, 5.41) is 17.9. The summed E-state index contributed by atoms with van der Waals surface area (Å²) in [7, 11) is 0. The third-order valence-electron chi connectivity index (χ3n) is 3.58. The van der Waals surface area contributed by atoms with Crippen molar-refractivity contribution in [3.8, 4) is 0 Å². The van der Waals surface area contributed by atoms with Crippen LogP contribution in [0.25, 0.3) is 10.8 Å². The monoisotopic (exact) mass is 256 g/mol. The number of carbonyl (C=O) groups is 1. The summed E-state index contributed by atoms with van der Waals surface area (Å²) in [6.45, 7) is 1.37. The van der Waals surface area contributed by atoms with E-state index in [-0.39, 0.29) is 12.0 Å². The maximum atomic E-state index is 10.9. The second-order valence-corrected chi connectivity index (χ2v) is 5.14. The molecule has 0 aromatic heterocycles. The lowest BCUT2D eigenvalue weighted by Crippen LogP contribution is -2.65. The summed E-state index contributed by atoms with van der Waals surface area (Å²) in [4.78, 5) is 10.9. The summed E-state index contributed by atoms with van der Waals surface area (Å²) in [5.41, 5.74) is 0.621. The van der Waals surface area contributed by atoms with Crippen LogP contribution in [-0.4, -0.2) is 29.7 Å². The second-order valence-electron chi connectivity index (χ2n) is 5.14. The fourth-order valence-corrected chi connectivity index (χ4v) is 2.55. The molecular weight excluding hydrogens is 240 g/mol. The normalized spacial score (nSPS) is 16.8. The molecule has 0 spiro atoms. The van der Waals surface area contributed by atoms with Crippen LogP contribution in [0.3, 0.4) is 0 Å². The van der Waals surface area contributed by atoms with Gasteiger partial charge in [0.2, 0.25) is 0 Å². The van der Waals surface area contributed by atoms with Gasteiger partial charge in [-0.3, -0.25) is 4.79 Å². The van der Waals surface area contributed by atoms with Crippen LogP contribution in [0.5, 0.6) is 0 Å². The minimum absolute atomic E-state index is 0.132. The van der Waals surface area contributed by atoms with Crippen LogP contribution in [0.4, 0.5) is 5.69 Å². The Morgan fingerprint density at radius 1 is 1.21 bits per heavy atom. The number of rotatable bonds is 4. The largest absolute Gasteiger partial charge is 0.481 e. The highest BCUT2D eigenvalue weighted by molar-refractivity contribution is 5.86. The predicted octanol–water partition coefficient (Wildman–Crippen LogP) is 2.07. The zero-order valence-corrected chi connectivity index (χ0v) is 10.5. The molecule has 98 valence electrons. The molecule has 4 heteroatoms. The third-order valence-corrected chi connectivity index (χ3v) is 3.58. The number of fused-ring (bicyclic) bond motifs is 1. The molecule has 2 aromatic rings. The molecule has 1 aliphatic heterocycles. The molecule has 0 saturated carbocycles. The first-order valence-electron chi connectivity index (χ1n) is 6.36. The fourth-order valence-electron chi connectivity index (χ4n) is 2.55. The van der Waals surface area contributed by atoms with Crippen molar-refractivity contribution in [3.63, 3.8) is 0 Å². The van der Waals surface area contributed by atoms with Crippen molar-refractivity contribution in [2.45, 2.75) is 12.0 Å². The van der Waals surface area contributed by atoms with E-state index in [1.165, 1.54) is 5.39 Å². The van der Waals surface area contributed by atoms with Gasteiger partial charge < -0.3 is 15.7 Å². The maximum absolute atomic E-state index is 10.9. The number of hydrogen-bond donors (Lipinski definition) is 3. The van der Waals surface area contributed by atoms with Gasteiger partial charge in [-0.1, -0.05) is 30.3 Å². The zero-order chi connectivity index (χ0) is 13.3. The maximum Gasteiger partial charge on any atom is 0.305 e. The number of anilines is 1. The van der Waals surface area contributed by atoms with Gasteiger partial charge in [0.1, 0.15) is 0 Å². The van der Waals surface area contributed by atoms with Crippen LogP contribution in [-0.2, 0) is 4.79 Å². The van der Waals surface area contributed by atoms with Gasteiger partial charge in [-0.05, 0) is 22.9 Å². The first kappa shape index (κ1) is 12.0. The first-order valence-corrected chi connectivity index (χ1v) is 6.36. The van der Waals surface area contributed by atoms with E-state index in [1.54, 1.807) is 0 Å². The number of benzene rings is 2. The Labute approximate surface area is 111 Å². The Bertz CT molecular complexity index is 620. The smallest absolute Gasteiger partial charge is 0.305 e. The Morgan fingerprint density at radius 3 is 2.58 bits per heavy atom. The van der Waals surface area contributed by atoms with Crippen molar-refractivity contribution >= 4 is 22.4 Å². The van der Waals surface area contributed by atoms with Crippen molar-refractivity contribution in [1.29, 1.82) is 0 Å². The summed E-state index contributed by atoms with van der Waals surface area (Å²) in [6.07, 6.45) is 0.132. The van der Waals surface area contributed by atoms with E-state index >= 15 is 0 Å². The fraction of sp³-hybridized carbons (Fsp3) is 0.267. The summed E-state index contributed by atoms with van der Waals surface area (Å²) in [5.74, 6) is -0.769. The highest BCUT2D eigenvalue weighted by Gasteiger charge is 2.38. The SMILES string of the molecule is O=C(O)CC1(Nc2ccc3ccccc3c2)CNC1.